The molecular formula is C21H24ClF3N2O2. The maximum Gasteiger partial charge on any atom is 0.417 e. The molecule has 0 amide bonds. The molecule has 8 heteroatoms. The molecule has 1 saturated heterocycles. The van der Waals surface area contributed by atoms with Crippen molar-refractivity contribution in [3.63, 3.8) is 0 Å². The molecule has 0 unspecified atom stereocenters. The lowest BCUT2D eigenvalue weighted by Crippen LogP contribution is -2.51. The normalized spacial score (nSPS) is 18.0. The molecule has 0 spiro atoms. The van der Waals surface area contributed by atoms with Crippen LogP contribution in [0.25, 0.3) is 0 Å². The summed E-state index contributed by atoms with van der Waals surface area (Å²) in [5, 5.41) is -0.276. The summed E-state index contributed by atoms with van der Waals surface area (Å²) >= 11 is 5.74. The van der Waals surface area contributed by atoms with E-state index in [2.05, 4.69) is 11.8 Å². The van der Waals surface area contributed by atoms with Gasteiger partial charge in [0.05, 0.1) is 24.8 Å². The number of methoxy groups -OCH3 is 2. The fourth-order valence-corrected chi connectivity index (χ4v) is 3.83. The summed E-state index contributed by atoms with van der Waals surface area (Å²) in [5.74, 6) is 1.36. The van der Waals surface area contributed by atoms with E-state index in [1.54, 1.807) is 20.3 Å². The summed E-state index contributed by atoms with van der Waals surface area (Å²) in [6, 6.07) is 10.1. The summed E-state index contributed by atoms with van der Waals surface area (Å²) < 4.78 is 50.1. The summed E-state index contributed by atoms with van der Waals surface area (Å²) in [7, 11) is 3.20. The molecule has 3 rings (SSSR count). The van der Waals surface area contributed by atoms with Gasteiger partial charge >= 0.3 is 6.18 Å². The van der Waals surface area contributed by atoms with Gasteiger partial charge in [-0.05, 0) is 42.8 Å². The van der Waals surface area contributed by atoms with Crippen LogP contribution >= 0.6 is 11.6 Å². The first-order valence-corrected chi connectivity index (χ1v) is 9.67. The number of hydrogen-bond acceptors (Lipinski definition) is 4. The number of nitrogens with zero attached hydrogens (tertiary/aromatic N) is 2. The van der Waals surface area contributed by atoms with E-state index in [9.17, 15) is 13.2 Å². The quantitative estimate of drug-likeness (QED) is 0.662. The Morgan fingerprint density at radius 3 is 2.38 bits per heavy atom. The van der Waals surface area contributed by atoms with Gasteiger partial charge in [-0.1, -0.05) is 17.7 Å². The maximum absolute atomic E-state index is 13.2. The lowest BCUT2D eigenvalue weighted by molar-refractivity contribution is -0.137. The predicted octanol–water partition coefficient (Wildman–Crippen LogP) is 5.09. The van der Waals surface area contributed by atoms with Gasteiger partial charge in [-0.15, -0.1) is 0 Å². The number of benzene rings is 2. The largest absolute Gasteiger partial charge is 0.493 e. The van der Waals surface area contributed by atoms with Crippen LogP contribution in [0.3, 0.4) is 0 Å². The van der Waals surface area contributed by atoms with Crippen LogP contribution < -0.4 is 14.4 Å². The number of rotatable bonds is 5. The number of piperazine rings is 1. The molecule has 1 fully saturated rings. The van der Waals surface area contributed by atoms with Gasteiger partial charge < -0.3 is 14.4 Å². The average Bonchev–Trinajstić information content (AvgIpc) is 2.69. The van der Waals surface area contributed by atoms with Crippen LogP contribution in [0.5, 0.6) is 11.5 Å². The lowest BCUT2D eigenvalue weighted by atomic mass is 10.1. The standard InChI is InChI=1S/C21H24ClF3N2O2/c1-14-12-27(16-5-6-18(22)17(11-16)21(23,24)25)9-8-26(14)13-15-4-7-19(28-2)20(10-15)29-3/h4-7,10-11,14H,8-9,12-13H2,1-3H3/t14-/m1/s1. The predicted molar refractivity (Wildman–Crippen MR) is 108 cm³/mol. The lowest BCUT2D eigenvalue weighted by Gasteiger charge is -2.41. The van der Waals surface area contributed by atoms with Gasteiger partial charge in [0.2, 0.25) is 0 Å². The van der Waals surface area contributed by atoms with E-state index < -0.39 is 11.7 Å². The number of hydrogen-bond donors (Lipinski definition) is 0. The van der Waals surface area contributed by atoms with E-state index in [1.165, 1.54) is 6.07 Å². The topological polar surface area (TPSA) is 24.9 Å². The van der Waals surface area contributed by atoms with Crippen molar-refractivity contribution < 1.29 is 22.6 Å². The van der Waals surface area contributed by atoms with Crippen LogP contribution in [-0.2, 0) is 12.7 Å². The highest BCUT2D eigenvalue weighted by molar-refractivity contribution is 6.31. The molecule has 0 aromatic heterocycles. The Hall–Kier alpha value is -2.12. The fourth-order valence-electron chi connectivity index (χ4n) is 3.61. The van der Waals surface area contributed by atoms with Crippen LogP contribution in [0.1, 0.15) is 18.1 Å². The second kappa shape index (κ2) is 8.71. The smallest absolute Gasteiger partial charge is 0.417 e. The van der Waals surface area contributed by atoms with Gasteiger partial charge in [0.1, 0.15) is 0 Å². The molecule has 0 saturated carbocycles. The van der Waals surface area contributed by atoms with Crippen molar-refractivity contribution in [2.24, 2.45) is 0 Å². The minimum atomic E-state index is -4.46. The summed E-state index contributed by atoms with van der Waals surface area (Å²) in [4.78, 5) is 4.28. The van der Waals surface area contributed by atoms with E-state index in [1.807, 2.05) is 23.1 Å². The van der Waals surface area contributed by atoms with Crippen molar-refractivity contribution in [3.05, 3.63) is 52.5 Å². The molecule has 0 aliphatic carbocycles. The van der Waals surface area contributed by atoms with Crippen LogP contribution in [-0.4, -0.2) is 44.8 Å². The van der Waals surface area contributed by atoms with Crippen LogP contribution in [0.15, 0.2) is 36.4 Å². The molecule has 0 N–H and O–H groups in total. The van der Waals surface area contributed by atoms with Crippen molar-refractivity contribution in [1.82, 2.24) is 4.90 Å². The Balaban J connectivity index is 1.70. The molecule has 158 valence electrons. The Kier molecular flexibility index (Phi) is 6.49. The second-order valence-corrected chi connectivity index (χ2v) is 7.52. The van der Waals surface area contributed by atoms with Crippen LogP contribution in [0.4, 0.5) is 18.9 Å². The van der Waals surface area contributed by atoms with Gasteiger partial charge in [-0.3, -0.25) is 4.90 Å². The first kappa shape index (κ1) is 21.6. The van der Waals surface area contributed by atoms with Crippen molar-refractivity contribution in [2.45, 2.75) is 25.7 Å². The maximum atomic E-state index is 13.2. The second-order valence-electron chi connectivity index (χ2n) is 7.12. The van der Waals surface area contributed by atoms with E-state index >= 15 is 0 Å². The van der Waals surface area contributed by atoms with E-state index in [-0.39, 0.29) is 11.1 Å². The highest BCUT2D eigenvalue weighted by Gasteiger charge is 2.34. The zero-order valence-corrected chi connectivity index (χ0v) is 17.3. The highest BCUT2D eigenvalue weighted by Crippen LogP contribution is 2.37. The SMILES string of the molecule is COc1ccc(CN2CCN(c3ccc(Cl)c(C(F)(F)F)c3)C[C@H]2C)cc1OC. The first-order chi connectivity index (χ1) is 13.7. The molecule has 1 atom stereocenters. The molecule has 0 bridgehead atoms. The molecule has 29 heavy (non-hydrogen) atoms. The fraction of sp³-hybridized carbons (Fsp3) is 0.429. The molecular weight excluding hydrogens is 405 g/mol. The van der Waals surface area contributed by atoms with Crippen molar-refractivity contribution in [3.8, 4) is 11.5 Å². The number of ether oxygens (including phenoxy) is 2. The molecule has 1 heterocycles. The molecule has 2 aromatic carbocycles. The van der Waals surface area contributed by atoms with E-state index in [4.69, 9.17) is 21.1 Å². The zero-order valence-electron chi connectivity index (χ0n) is 16.6. The molecule has 1 aliphatic heterocycles. The summed E-state index contributed by atoms with van der Waals surface area (Å²) in [6.07, 6.45) is -4.46. The van der Waals surface area contributed by atoms with E-state index in [0.29, 0.717) is 30.3 Å². The first-order valence-electron chi connectivity index (χ1n) is 9.29. The number of alkyl halides is 3. The number of halogens is 4. The van der Waals surface area contributed by atoms with Gasteiger partial charge in [-0.25, -0.2) is 0 Å². The average molecular weight is 429 g/mol. The third kappa shape index (κ3) is 4.90. The third-order valence-electron chi connectivity index (χ3n) is 5.22. The molecule has 1 aliphatic rings. The van der Waals surface area contributed by atoms with Gasteiger partial charge in [-0.2, -0.15) is 13.2 Å². The van der Waals surface area contributed by atoms with E-state index in [0.717, 1.165) is 24.7 Å². The molecule has 2 aromatic rings. The Bertz CT molecular complexity index is 860. The third-order valence-corrected chi connectivity index (χ3v) is 5.55. The number of anilines is 1. The monoisotopic (exact) mass is 428 g/mol. The van der Waals surface area contributed by atoms with Crippen molar-refractivity contribution >= 4 is 17.3 Å². The highest BCUT2D eigenvalue weighted by atomic mass is 35.5. The summed E-state index contributed by atoms with van der Waals surface area (Å²) in [6.45, 7) is 4.81. The van der Waals surface area contributed by atoms with Crippen molar-refractivity contribution in [2.75, 3.05) is 38.8 Å². The van der Waals surface area contributed by atoms with Crippen LogP contribution in [0, 0.1) is 0 Å². The van der Waals surface area contributed by atoms with Crippen molar-refractivity contribution in [1.29, 1.82) is 0 Å². The van der Waals surface area contributed by atoms with Gasteiger partial charge in [0.15, 0.2) is 11.5 Å². The zero-order chi connectivity index (χ0) is 21.2. The Labute approximate surface area is 173 Å². The van der Waals surface area contributed by atoms with Gasteiger partial charge in [0.25, 0.3) is 0 Å². The van der Waals surface area contributed by atoms with Crippen LogP contribution in [0.2, 0.25) is 5.02 Å². The minimum absolute atomic E-state index is 0.168. The molecule has 0 radical (unpaired) electrons. The minimum Gasteiger partial charge on any atom is -0.493 e. The Morgan fingerprint density at radius 1 is 1.03 bits per heavy atom. The molecule has 4 nitrogen and oxygen atoms in total. The van der Waals surface area contributed by atoms with Gasteiger partial charge in [0, 0.05) is 37.9 Å². The Morgan fingerprint density at radius 2 is 1.76 bits per heavy atom. The summed E-state index contributed by atoms with van der Waals surface area (Å²) in [5.41, 5.74) is 0.838.